The van der Waals surface area contributed by atoms with Gasteiger partial charge in [0, 0.05) is 18.6 Å². The smallest absolute Gasteiger partial charge is 0.00961 e. The van der Waals surface area contributed by atoms with Crippen LogP contribution in [0.25, 0.3) is 0 Å². The number of likely N-dealkylation sites (tertiary alicyclic amines) is 1. The maximum atomic E-state index is 5.90. The van der Waals surface area contributed by atoms with Crippen LogP contribution in [0, 0.1) is 11.8 Å². The van der Waals surface area contributed by atoms with Gasteiger partial charge in [-0.3, -0.25) is 4.90 Å². The molecule has 1 aliphatic rings. The van der Waals surface area contributed by atoms with Crippen molar-refractivity contribution in [2.24, 2.45) is 17.6 Å². The molecular formula is C14H30N2. The number of rotatable bonds is 6. The molecule has 2 N–H and O–H groups in total. The van der Waals surface area contributed by atoms with E-state index in [4.69, 9.17) is 5.73 Å². The van der Waals surface area contributed by atoms with Crippen molar-refractivity contribution in [3.8, 4) is 0 Å². The Bertz CT molecular complexity index is 191. The van der Waals surface area contributed by atoms with E-state index in [0.717, 1.165) is 24.5 Å². The molecule has 3 atom stereocenters. The van der Waals surface area contributed by atoms with E-state index in [2.05, 4.69) is 32.6 Å². The fraction of sp³-hybridized carbons (Fsp3) is 1.00. The van der Waals surface area contributed by atoms with E-state index >= 15 is 0 Å². The molecule has 0 spiro atoms. The van der Waals surface area contributed by atoms with Gasteiger partial charge in [0.2, 0.25) is 0 Å². The van der Waals surface area contributed by atoms with Gasteiger partial charge in [-0.25, -0.2) is 0 Å². The lowest BCUT2D eigenvalue weighted by atomic mass is 9.96. The topological polar surface area (TPSA) is 29.3 Å². The summed E-state index contributed by atoms with van der Waals surface area (Å²) >= 11 is 0. The Morgan fingerprint density at radius 2 is 2.00 bits per heavy atom. The second kappa shape index (κ2) is 6.61. The van der Waals surface area contributed by atoms with Gasteiger partial charge in [0.05, 0.1) is 0 Å². The first-order valence-electron chi connectivity index (χ1n) is 7.04. The molecule has 0 aliphatic carbocycles. The van der Waals surface area contributed by atoms with Crippen LogP contribution in [-0.2, 0) is 0 Å². The third-order valence-corrected chi connectivity index (χ3v) is 4.03. The Morgan fingerprint density at radius 1 is 1.31 bits per heavy atom. The van der Waals surface area contributed by atoms with Crippen molar-refractivity contribution in [1.82, 2.24) is 4.90 Å². The highest BCUT2D eigenvalue weighted by atomic mass is 15.2. The van der Waals surface area contributed by atoms with Crippen molar-refractivity contribution in [1.29, 1.82) is 0 Å². The average molecular weight is 226 g/mol. The SMILES string of the molecule is CCC1CCC(C)N1CC(CN)CC(C)C. The largest absolute Gasteiger partial charge is 0.330 e. The maximum absolute atomic E-state index is 5.90. The summed E-state index contributed by atoms with van der Waals surface area (Å²) in [5.41, 5.74) is 5.90. The van der Waals surface area contributed by atoms with Gasteiger partial charge in [0.15, 0.2) is 0 Å². The van der Waals surface area contributed by atoms with E-state index in [1.165, 1.54) is 32.2 Å². The molecule has 1 heterocycles. The minimum Gasteiger partial charge on any atom is -0.330 e. The number of hydrogen-bond donors (Lipinski definition) is 1. The minimum atomic E-state index is 0.689. The Labute approximate surface area is 102 Å². The van der Waals surface area contributed by atoms with Crippen LogP contribution < -0.4 is 5.73 Å². The van der Waals surface area contributed by atoms with Crippen LogP contribution in [0.4, 0.5) is 0 Å². The second-order valence-corrected chi connectivity index (χ2v) is 5.92. The summed E-state index contributed by atoms with van der Waals surface area (Å²) in [6.07, 6.45) is 5.33. The lowest BCUT2D eigenvalue weighted by molar-refractivity contribution is 0.159. The lowest BCUT2D eigenvalue weighted by Gasteiger charge is -2.32. The van der Waals surface area contributed by atoms with E-state index in [1.807, 2.05) is 0 Å². The second-order valence-electron chi connectivity index (χ2n) is 5.92. The first-order valence-corrected chi connectivity index (χ1v) is 7.04. The molecule has 3 unspecified atom stereocenters. The lowest BCUT2D eigenvalue weighted by Crippen LogP contribution is -2.40. The molecule has 0 aromatic rings. The number of hydrogen-bond acceptors (Lipinski definition) is 2. The molecule has 0 aromatic heterocycles. The first kappa shape index (κ1) is 14.0. The van der Waals surface area contributed by atoms with Crippen molar-refractivity contribution in [3.05, 3.63) is 0 Å². The predicted octanol–water partition coefficient (Wildman–Crippen LogP) is 2.87. The van der Waals surface area contributed by atoms with Crippen LogP contribution in [0.3, 0.4) is 0 Å². The summed E-state index contributed by atoms with van der Waals surface area (Å²) in [5, 5.41) is 0. The number of nitrogens with zero attached hydrogens (tertiary/aromatic N) is 1. The van der Waals surface area contributed by atoms with Gasteiger partial charge in [0.1, 0.15) is 0 Å². The fourth-order valence-electron chi connectivity index (χ4n) is 3.10. The van der Waals surface area contributed by atoms with E-state index in [9.17, 15) is 0 Å². The van der Waals surface area contributed by atoms with E-state index in [1.54, 1.807) is 0 Å². The van der Waals surface area contributed by atoms with E-state index < -0.39 is 0 Å². The zero-order valence-corrected chi connectivity index (χ0v) is 11.6. The van der Waals surface area contributed by atoms with Crippen molar-refractivity contribution >= 4 is 0 Å². The average Bonchev–Trinajstić information content (AvgIpc) is 2.58. The minimum absolute atomic E-state index is 0.689. The molecule has 2 heteroatoms. The normalized spacial score (nSPS) is 28.9. The van der Waals surface area contributed by atoms with Gasteiger partial charge in [-0.1, -0.05) is 20.8 Å². The standard InChI is InChI=1S/C14H30N2/c1-5-14-7-6-12(4)16(14)10-13(9-15)8-11(2)3/h11-14H,5-10,15H2,1-4H3. The quantitative estimate of drug-likeness (QED) is 0.754. The molecule has 1 aliphatic heterocycles. The Hall–Kier alpha value is -0.0800. The summed E-state index contributed by atoms with van der Waals surface area (Å²) < 4.78 is 0. The van der Waals surface area contributed by atoms with Crippen LogP contribution in [0.5, 0.6) is 0 Å². The number of nitrogens with two attached hydrogens (primary N) is 1. The maximum Gasteiger partial charge on any atom is 0.00961 e. The summed E-state index contributed by atoms with van der Waals surface area (Å²) in [6.45, 7) is 11.3. The summed E-state index contributed by atoms with van der Waals surface area (Å²) in [7, 11) is 0. The van der Waals surface area contributed by atoms with Crippen LogP contribution in [0.1, 0.15) is 53.4 Å². The molecule has 0 amide bonds. The Morgan fingerprint density at radius 3 is 2.50 bits per heavy atom. The fourth-order valence-corrected chi connectivity index (χ4v) is 3.10. The molecule has 0 saturated carbocycles. The predicted molar refractivity (Wildman–Crippen MR) is 71.5 cm³/mol. The highest BCUT2D eigenvalue weighted by Crippen LogP contribution is 2.27. The summed E-state index contributed by atoms with van der Waals surface area (Å²) in [4.78, 5) is 2.71. The monoisotopic (exact) mass is 226 g/mol. The molecular weight excluding hydrogens is 196 g/mol. The van der Waals surface area contributed by atoms with Gasteiger partial charge in [0.25, 0.3) is 0 Å². The zero-order chi connectivity index (χ0) is 12.1. The van der Waals surface area contributed by atoms with Gasteiger partial charge in [-0.2, -0.15) is 0 Å². The van der Waals surface area contributed by atoms with Gasteiger partial charge >= 0.3 is 0 Å². The molecule has 2 nitrogen and oxygen atoms in total. The summed E-state index contributed by atoms with van der Waals surface area (Å²) in [5.74, 6) is 1.46. The molecule has 1 rings (SSSR count). The van der Waals surface area contributed by atoms with Crippen LogP contribution in [0.15, 0.2) is 0 Å². The highest BCUT2D eigenvalue weighted by Gasteiger charge is 2.30. The van der Waals surface area contributed by atoms with Crippen LogP contribution in [-0.4, -0.2) is 30.1 Å². The van der Waals surface area contributed by atoms with Crippen LogP contribution >= 0.6 is 0 Å². The third kappa shape index (κ3) is 3.74. The van der Waals surface area contributed by atoms with Gasteiger partial charge in [-0.05, 0) is 51.0 Å². The molecule has 0 aromatic carbocycles. The molecule has 96 valence electrons. The van der Waals surface area contributed by atoms with E-state index in [-0.39, 0.29) is 0 Å². The van der Waals surface area contributed by atoms with Crippen molar-refractivity contribution in [2.75, 3.05) is 13.1 Å². The first-order chi connectivity index (χ1) is 7.58. The third-order valence-electron chi connectivity index (χ3n) is 4.03. The molecule has 0 radical (unpaired) electrons. The summed E-state index contributed by atoms with van der Waals surface area (Å²) in [6, 6.07) is 1.59. The molecule has 16 heavy (non-hydrogen) atoms. The van der Waals surface area contributed by atoms with Crippen molar-refractivity contribution < 1.29 is 0 Å². The van der Waals surface area contributed by atoms with Gasteiger partial charge < -0.3 is 5.73 Å². The highest BCUT2D eigenvalue weighted by molar-refractivity contribution is 4.86. The van der Waals surface area contributed by atoms with Gasteiger partial charge in [-0.15, -0.1) is 0 Å². The van der Waals surface area contributed by atoms with Crippen molar-refractivity contribution in [2.45, 2.75) is 65.5 Å². The Kier molecular flexibility index (Phi) is 5.77. The van der Waals surface area contributed by atoms with Crippen LogP contribution in [0.2, 0.25) is 0 Å². The zero-order valence-electron chi connectivity index (χ0n) is 11.6. The van der Waals surface area contributed by atoms with Crippen molar-refractivity contribution in [3.63, 3.8) is 0 Å². The molecule has 0 bridgehead atoms. The molecule has 1 saturated heterocycles. The molecule has 1 fully saturated rings. The Balaban J connectivity index is 2.48. The van der Waals surface area contributed by atoms with E-state index in [0.29, 0.717) is 5.92 Å².